The van der Waals surface area contributed by atoms with Gasteiger partial charge in [0.25, 0.3) is 0 Å². The number of benzene rings is 1. The van der Waals surface area contributed by atoms with Crippen molar-refractivity contribution in [3.05, 3.63) is 29.3 Å². The van der Waals surface area contributed by atoms with E-state index in [1.165, 1.54) is 0 Å². The number of anilines is 1. The van der Waals surface area contributed by atoms with Crippen LogP contribution in [0.5, 0.6) is 0 Å². The van der Waals surface area contributed by atoms with Gasteiger partial charge in [-0.25, -0.2) is 0 Å². The molecule has 1 fully saturated rings. The topological polar surface area (TPSA) is 78.4 Å². The molecule has 5 heteroatoms. The van der Waals surface area contributed by atoms with Crippen molar-refractivity contribution in [1.82, 2.24) is 5.32 Å². The van der Waals surface area contributed by atoms with Crippen LogP contribution in [0.1, 0.15) is 30.9 Å². The van der Waals surface area contributed by atoms with E-state index in [-0.39, 0.29) is 18.4 Å². The molecule has 1 unspecified atom stereocenters. The molecule has 0 bridgehead atoms. The maximum atomic E-state index is 12.0. The molecule has 5 nitrogen and oxygen atoms in total. The van der Waals surface area contributed by atoms with E-state index in [2.05, 4.69) is 10.6 Å². The molecule has 0 saturated heterocycles. The molecule has 114 valence electrons. The summed E-state index contributed by atoms with van der Waals surface area (Å²) in [7, 11) is 0. The van der Waals surface area contributed by atoms with Gasteiger partial charge in [0.05, 0.1) is 6.54 Å². The molecule has 1 amide bonds. The number of rotatable bonds is 7. The van der Waals surface area contributed by atoms with Crippen molar-refractivity contribution < 1.29 is 14.7 Å². The maximum Gasteiger partial charge on any atom is 0.320 e. The van der Waals surface area contributed by atoms with Gasteiger partial charge in [-0.2, -0.15) is 0 Å². The standard InChI is InChI=1S/C16H22N2O3/c1-3-11-6-4-5-10(2)14(11)18-13(19)9-17-15(16(20)21)12-7-8-12/h4-6,12,15,17H,3,7-9H2,1-2H3,(H,18,19)(H,20,21). The quantitative estimate of drug-likeness (QED) is 0.717. The molecule has 1 atom stereocenters. The average molecular weight is 290 g/mol. The van der Waals surface area contributed by atoms with Gasteiger partial charge in [-0.15, -0.1) is 0 Å². The number of carboxylic acid groups (broad SMARTS) is 1. The van der Waals surface area contributed by atoms with Gasteiger partial charge < -0.3 is 10.4 Å². The van der Waals surface area contributed by atoms with Crippen LogP contribution in [-0.4, -0.2) is 29.6 Å². The van der Waals surface area contributed by atoms with Crippen LogP contribution in [0.4, 0.5) is 5.69 Å². The molecule has 0 aliphatic heterocycles. The first-order valence-corrected chi connectivity index (χ1v) is 7.37. The second-order valence-electron chi connectivity index (χ2n) is 5.55. The molecule has 2 rings (SSSR count). The van der Waals surface area contributed by atoms with Crippen LogP contribution in [0.3, 0.4) is 0 Å². The Bertz CT molecular complexity index is 538. The summed E-state index contributed by atoms with van der Waals surface area (Å²) < 4.78 is 0. The fourth-order valence-electron chi connectivity index (χ4n) is 2.47. The molecule has 0 spiro atoms. The third kappa shape index (κ3) is 4.04. The first kappa shape index (κ1) is 15.5. The Morgan fingerprint density at radius 3 is 2.67 bits per heavy atom. The highest BCUT2D eigenvalue weighted by Crippen LogP contribution is 2.32. The highest BCUT2D eigenvalue weighted by Gasteiger charge is 2.36. The molecular formula is C16H22N2O3. The van der Waals surface area contributed by atoms with E-state index in [0.717, 1.165) is 36.1 Å². The lowest BCUT2D eigenvalue weighted by molar-refractivity contribution is -0.140. The summed E-state index contributed by atoms with van der Waals surface area (Å²) in [4.78, 5) is 23.1. The molecule has 1 aliphatic rings. The molecule has 1 aliphatic carbocycles. The summed E-state index contributed by atoms with van der Waals surface area (Å²) in [5.74, 6) is -0.915. The lowest BCUT2D eigenvalue weighted by Crippen LogP contribution is -2.42. The van der Waals surface area contributed by atoms with Crippen LogP contribution < -0.4 is 10.6 Å². The normalized spacial score (nSPS) is 15.5. The number of carbonyl (C=O) groups excluding carboxylic acids is 1. The van der Waals surface area contributed by atoms with Crippen molar-refractivity contribution in [3.63, 3.8) is 0 Å². The third-order valence-electron chi connectivity index (χ3n) is 3.85. The van der Waals surface area contributed by atoms with Gasteiger partial charge in [-0.1, -0.05) is 25.1 Å². The average Bonchev–Trinajstić information content (AvgIpc) is 3.25. The van der Waals surface area contributed by atoms with Gasteiger partial charge in [0, 0.05) is 5.69 Å². The van der Waals surface area contributed by atoms with E-state index in [9.17, 15) is 9.59 Å². The lowest BCUT2D eigenvalue weighted by Gasteiger charge is -2.15. The molecule has 0 heterocycles. The monoisotopic (exact) mass is 290 g/mol. The Balaban J connectivity index is 1.94. The molecule has 1 aromatic carbocycles. The maximum absolute atomic E-state index is 12.0. The highest BCUT2D eigenvalue weighted by molar-refractivity contribution is 5.94. The Morgan fingerprint density at radius 2 is 2.10 bits per heavy atom. The lowest BCUT2D eigenvalue weighted by atomic mass is 10.1. The predicted octanol–water partition coefficient (Wildman–Crippen LogP) is 1.95. The first-order chi connectivity index (χ1) is 10.0. The van der Waals surface area contributed by atoms with E-state index in [4.69, 9.17) is 5.11 Å². The van der Waals surface area contributed by atoms with Crippen LogP contribution >= 0.6 is 0 Å². The van der Waals surface area contributed by atoms with Crippen LogP contribution in [0.2, 0.25) is 0 Å². The van der Waals surface area contributed by atoms with Gasteiger partial charge in [-0.3, -0.25) is 14.9 Å². The van der Waals surface area contributed by atoms with Gasteiger partial charge >= 0.3 is 5.97 Å². The van der Waals surface area contributed by atoms with Gasteiger partial charge in [0.1, 0.15) is 6.04 Å². The zero-order valence-corrected chi connectivity index (χ0v) is 12.5. The number of para-hydroxylation sites is 1. The second-order valence-corrected chi connectivity index (χ2v) is 5.55. The van der Waals surface area contributed by atoms with Gasteiger partial charge in [-0.05, 0) is 43.2 Å². The number of hydrogen-bond acceptors (Lipinski definition) is 3. The molecule has 21 heavy (non-hydrogen) atoms. The van der Waals surface area contributed by atoms with E-state index in [1.807, 2.05) is 32.0 Å². The first-order valence-electron chi connectivity index (χ1n) is 7.37. The third-order valence-corrected chi connectivity index (χ3v) is 3.85. The number of aliphatic carboxylic acids is 1. The predicted molar refractivity (Wildman–Crippen MR) is 81.3 cm³/mol. The largest absolute Gasteiger partial charge is 0.480 e. The number of hydrogen-bond donors (Lipinski definition) is 3. The number of carbonyl (C=O) groups is 2. The summed E-state index contributed by atoms with van der Waals surface area (Å²) in [6.07, 6.45) is 2.68. The van der Waals surface area contributed by atoms with Gasteiger partial charge in [0.15, 0.2) is 0 Å². The van der Waals surface area contributed by atoms with Crippen molar-refractivity contribution in [1.29, 1.82) is 0 Å². The zero-order chi connectivity index (χ0) is 15.4. The summed E-state index contributed by atoms with van der Waals surface area (Å²) in [5, 5.41) is 14.9. The minimum absolute atomic E-state index is 0.0188. The fourth-order valence-corrected chi connectivity index (χ4v) is 2.47. The second kappa shape index (κ2) is 6.72. The smallest absolute Gasteiger partial charge is 0.320 e. The van der Waals surface area contributed by atoms with E-state index < -0.39 is 12.0 Å². The van der Waals surface area contributed by atoms with Crippen molar-refractivity contribution >= 4 is 17.6 Å². The van der Waals surface area contributed by atoms with Crippen molar-refractivity contribution in [2.24, 2.45) is 5.92 Å². The minimum Gasteiger partial charge on any atom is -0.480 e. The fraction of sp³-hybridized carbons (Fsp3) is 0.500. The minimum atomic E-state index is -0.879. The number of amides is 1. The summed E-state index contributed by atoms with van der Waals surface area (Å²) in [5.41, 5.74) is 2.94. The van der Waals surface area contributed by atoms with Crippen LogP contribution in [0.25, 0.3) is 0 Å². The zero-order valence-electron chi connectivity index (χ0n) is 12.5. The Hall–Kier alpha value is -1.88. The SMILES string of the molecule is CCc1cccc(C)c1NC(=O)CNC(C(=O)O)C1CC1. The van der Waals surface area contributed by atoms with Crippen LogP contribution in [0, 0.1) is 12.8 Å². The molecular weight excluding hydrogens is 268 g/mol. The van der Waals surface area contributed by atoms with Crippen LogP contribution in [0.15, 0.2) is 18.2 Å². The van der Waals surface area contributed by atoms with Crippen molar-refractivity contribution in [3.8, 4) is 0 Å². The highest BCUT2D eigenvalue weighted by atomic mass is 16.4. The van der Waals surface area contributed by atoms with Crippen LogP contribution in [-0.2, 0) is 16.0 Å². The Labute approximate surface area is 124 Å². The molecule has 0 aromatic heterocycles. The Morgan fingerprint density at radius 1 is 1.38 bits per heavy atom. The number of nitrogens with one attached hydrogen (secondary N) is 2. The summed E-state index contributed by atoms with van der Waals surface area (Å²) >= 11 is 0. The van der Waals surface area contributed by atoms with E-state index in [1.54, 1.807) is 0 Å². The summed E-state index contributed by atoms with van der Waals surface area (Å²) in [6, 6.07) is 5.29. The van der Waals surface area contributed by atoms with Gasteiger partial charge in [0.2, 0.25) is 5.91 Å². The number of aryl methyl sites for hydroxylation is 2. The molecule has 1 saturated carbocycles. The van der Waals surface area contributed by atoms with Crippen molar-refractivity contribution in [2.45, 2.75) is 39.2 Å². The Kier molecular flexibility index (Phi) is 4.96. The molecule has 0 radical (unpaired) electrons. The van der Waals surface area contributed by atoms with Crippen molar-refractivity contribution in [2.75, 3.05) is 11.9 Å². The molecule has 3 N–H and O–H groups in total. The number of carboxylic acids is 1. The summed E-state index contributed by atoms with van der Waals surface area (Å²) in [6.45, 7) is 4.01. The van der Waals surface area contributed by atoms with E-state index in [0.29, 0.717) is 0 Å². The molecule has 1 aromatic rings. The van der Waals surface area contributed by atoms with E-state index >= 15 is 0 Å².